The van der Waals surface area contributed by atoms with Gasteiger partial charge in [0.2, 0.25) is 0 Å². The van der Waals surface area contributed by atoms with E-state index in [-0.39, 0.29) is 38.6 Å². The van der Waals surface area contributed by atoms with E-state index in [1.54, 1.807) is 0 Å². The summed E-state index contributed by atoms with van der Waals surface area (Å²) in [6.45, 7) is 4.67. The van der Waals surface area contributed by atoms with Gasteiger partial charge in [0.15, 0.2) is 12.4 Å². The first-order chi connectivity index (χ1) is 28.6. The number of hydrogen-bond acceptors (Lipinski definition) is 8. The molecular formula is C50H89NO8. The van der Waals surface area contributed by atoms with E-state index in [1.165, 1.54) is 83.5 Å². The van der Waals surface area contributed by atoms with Crippen molar-refractivity contribution < 1.29 is 42.9 Å². The van der Waals surface area contributed by atoms with Crippen molar-refractivity contribution in [3.63, 3.8) is 0 Å². The van der Waals surface area contributed by atoms with E-state index in [1.807, 2.05) is 21.1 Å². The molecule has 59 heavy (non-hydrogen) atoms. The van der Waals surface area contributed by atoms with Crippen molar-refractivity contribution in [2.75, 3.05) is 47.5 Å². The molecule has 2 unspecified atom stereocenters. The van der Waals surface area contributed by atoms with Gasteiger partial charge in [-0.3, -0.25) is 9.59 Å². The molecule has 9 nitrogen and oxygen atoms in total. The van der Waals surface area contributed by atoms with Crippen molar-refractivity contribution in [3.8, 4) is 0 Å². The molecule has 0 bridgehead atoms. The number of nitrogens with zero attached hydrogens (tertiary/aromatic N) is 1. The third-order valence-electron chi connectivity index (χ3n) is 10.0. The van der Waals surface area contributed by atoms with Gasteiger partial charge in [-0.05, 0) is 77.0 Å². The summed E-state index contributed by atoms with van der Waals surface area (Å²) in [4.78, 5) is 37.0. The van der Waals surface area contributed by atoms with Crippen LogP contribution in [0.4, 0.5) is 0 Å². The lowest BCUT2D eigenvalue weighted by atomic mass is 10.1. The van der Waals surface area contributed by atoms with Crippen molar-refractivity contribution in [1.82, 2.24) is 0 Å². The Morgan fingerprint density at radius 1 is 0.508 bits per heavy atom. The van der Waals surface area contributed by atoms with Crippen molar-refractivity contribution >= 4 is 17.9 Å². The van der Waals surface area contributed by atoms with E-state index in [0.717, 1.165) is 77.0 Å². The zero-order valence-corrected chi connectivity index (χ0v) is 38.6. The fourth-order valence-corrected chi connectivity index (χ4v) is 6.30. The number of carboxylic acids is 1. The Labute approximate surface area is 362 Å². The van der Waals surface area contributed by atoms with E-state index in [0.29, 0.717) is 17.4 Å². The SMILES string of the molecule is CCCCC/C=C\C/C=C\CCCCCCCCCCCC(=O)OC(COC(=O)CCCCCCC/C=C\C/C=C\CCCCC)COC(OCC[N+](C)(C)C)C(=O)[O-]. The molecular weight excluding hydrogens is 743 g/mol. The number of carbonyl (C=O) groups is 3. The number of carbonyl (C=O) groups excluding carboxylic acids is 3. The second kappa shape index (κ2) is 42.0. The van der Waals surface area contributed by atoms with Crippen LogP contribution in [-0.4, -0.2) is 82.3 Å². The number of rotatable bonds is 43. The zero-order valence-electron chi connectivity index (χ0n) is 38.6. The van der Waals surface area contributed by atoms with Crippen LogP contribution in [0.25, 0.3) is 0 Å². The molecule has 0 aliphatic heterocycles. The number of unbranched alkanes of at least 4 members (excludes halogenated alkanes) is 20. The summed E-state index contributed by atoms with van der Waals surface area (Å²) in [5, 5.41) is 11.7. The molecule has 0 aromatic heterocycles. The average molecular weight is 832 g/mol. The monoisotopic (exact) mass is 832 g/mol. The van der Waals surface area contributed by atoms with Gasteiger partial charge in [0, 0.05) is 12.8 Å². The Morgan fingerprint density at radius 2 is 0.915 bits per heavy atom. The molecule has 0 heterocycles. The number of quaternary nitrogens is 1. The van der Waals surface area contributed by atoms with Crippen molar-refractivity contribution in [2.45, 2.75) is 206 Å². The van der Waals surface area contributed by atoms with Gasteiger partial charge in [0.25, 0.3) is 0 Å². The van der Waals surface area contributed by atoms with Crippen LogP contribution in [0.2, 0.25) is 0 Å². The minimum Gasteiger partial charge on any atom is -0.545 e. The summed E-state index contributed by atoms with van der Waals surface area (Å²) < 4.78 is 22.6. The Morgan fingerprint density at radius 3 is 1.34 bits per heavy atom. The van der Waals surface area contributed by atoms with Gasteiger partial charge in [-0.15, -0.1) is 0 Å². The molecule has 0 amide bonds. The Bertz CT molecular complexity index is 1110. The van der Waals surface area contributed by atoms with E-state index in [4.69, 9.17) is 18.9 Å². The number of carboxylic acid groups (broad SMARTS) is 1. The van der Waals surface area contributed by atoms with Crippen molar-refractivity contribution in [2.24, 2.45) is 0 Å². The van der Waals surface area contributed by atoms with Gasteiger partial charge in [0.05, 0.1) is 40.3 Å². The van der Waals surface area contributed by atoms with Crippen LogP contribution in [0.5, 0.6) is 0 Å². The predicted octanol–water partition coefficient (Wildman–Crippen LogP) is 11.4. The first-order valence-electron chi connectivity index (χ1n) is 23.8. The summed E-state index contributed by atoms with van der Waals surface area (Å²) in [6, 6.07) is 0. The van der Waals surface area contributed by atoms with E-state index >= 15 is 0 Å². The van der Waals surface area contributed by atoms with E-state index < -0.39 is 24.3 Å². The van der Waals surface area contributed by atoms with Gasteiger partial charge < -0.3 is 33.3 Å². The third kappa shape index (κ3) is 43.2. The number of ether oxygens (including phenoxy) is 4. The summed E-state index contributed by atoms with van der Waals surface area (Å²) in [5.41, 5.74) is 0. The highest BCUT2D eigenvalue weighted by atomic mass is 16.7. The molecule has 0 saturated heterocycles. The summed E-state index contributed by atoms with van der Waals surface area (Å²) in [6.07, 6.45) is 45.6. The lowest BCUT2D eigenvalue weighted by molar-refractivity contribution is -0.870. The Hall–Kier alpha value is -2.75. The van der Waals surface area contributed by atoms with Crippen LogP contribution in [0.15, 0.2) is 48.6 Å². The molecule has 0 fully saturated rings. The maximum absolute atomic E-state index is 12.8. The van der Waals surface area contributed by atoms with Crippen LogP contribution in [0.1, 0.15) is 194 Å². The molecule has 0 aliphatic rings. The first kappa shape index (κ1) is 56.2. The zero-order chi connectivity index (χ0) is 43.5. The minimum atomic E-state index is -1.62. The van der Waals surface area contributed by atoms with Gasteiger partial charge >= 0.3 is 11.9 Å². The standard InChI is InChI=1S/C50H89NO8/c1-6-8-10-12-14-16-18-20-22-23-24-25-27-29-31-33-35-37-39-41-48(53)59-46(45-58-50(49(54)55)56-43-42-51(3,4)5)44-57-47(52)40-38-36-34-32-30-28-26-21-19-17-15-13-11-9-7-2/h14-17,20-22,26,46,50H,6-13,18-19,23-25,27-45H2,1-5H3/b16-14-,17-15-,22-20-,26-21-. The molecule has 0 radical (unpaired) electrons. The van der Waals surface area contributed by atoms with Gasteiger partial charge in [0.1, 0.15) is 13.2 Å². The second-order valence-electron chi connectivity index (χ2n) is 17.0. The van der Waals surface area contributed by atoms with Crippen LogP contribution < -0.4 is 5.11 Å². The summed E-state index contributed by atoms with van der Waals surface area (Å²) in [7, 11) is 5.90. The summed E-state index contributed by atoms with van der Waals surface area (Å²) >= 11 is 0. The highest BCUT2D eigenvalue weighted by molar-refractivity contribution is 5.70. The van der Waals surface area contributed by atoms with Gasteiger partial charge in [-0.2, -0.15) is 0 Å². The highest BCUT2D eigenvalue weighted by Gasteiger charge is 2.21. The molecule has 2 atom stereocenters. The Kier molecular flexibility index (Phi) is 40.0. The van der Waals surface area contributed by atoms with Crippen LogP contribution >= 0.6 is 0 Å². The normalized spacial score (nSPS) is 13.3. The topological polar surface area (TPSA) is 111 Å². The minimum absolute atomic E-state index is 0.143. The number of allylic oxidation sites excluding steroid dienone is 8. The number of esters is 2. The lowest BCUT2D eigenvalue weighted by Crippen LogP contribution is -2.44. The predicted molar refractivity (Wildman–Crippen MR) is 242 cm³/mol. The van der Waals surface area contributed by atoms with Crippen LogP contribution in [-0.2, 0) is 33.3 Å². The maximum Gasteiger partial charge on any atom is 0.306 e. The molecule has 0 aliphatic carbocycles. The molecule has 0 N–H and O–H groups in total. The average Bonchev–Trinajstić information content (AvgIpc) is 3.19. The fraction of sp³-hybridized carbons (Fsp3) is 0.780. The van der Waals surface area contributed by atoms with Gasteiger partial charge in [-0.1, -0.05) is 152 Å². The number of likely N-dealkylation sites (N-methyl/N-ethyl adjacent to an activating group) is 1. The largest absolute Gasteiger partial charge is 0.545 e. The lowest BCUT2D eigenvalue weighted by Gasteiger charge is -2.26. The molecule has 0 aromatic rings. The highest BCUT2D eigenvalue weighted by Crippen LogP contribution is 2.14. The molecule has 0 rings (SSSR count). The number of aliphatic carboxylic acids is 1. The number of hydrogen-bond donors (Lipinski definition) is 0. The smallest absolute Gasteiger partial charge is 0.306 e. The van der Waals surface area contributed by atoms with Gasteiger partial charge in [-0.25, -0.2) is 0 Å². The fourth-order valence-electron chi connectivity index (χ4n) is 6.30. The van der Waals surface area contributed by atoms with Crippen LogP contribution in [0.3, 0.4) is 0 Å². The third-order valence-corrected chi connectivity index (χ3v) is 10.0. The second-order valence-corrected chi connectivity index (χ2v) is 17.0. The summed E-state index contributed by atoms with van der Waals surface area (Å²) in [5.74, 6) is -2.31. The first-order valence-corrected chi connectivity index (χ1v) is 23.8. The molecule has 0 saturated carbocycles. The quantitative estimate of drug-likeness (QED) is 0.0196. The van der Waals surface area contributed by atoms with Crippen molar-refractivity contribution in [3.05, 3.63) is 48.6 Å². The van der Waals surface area contributed by atoms with E-state index in [2.05, 4.69) is 62.5 Å². The molecule has 342 valence electrons. The Balaban J connectivity index is 4.42. The van der Waals surface area contributed by atoms with Crippen LogP contribution in [0, 0.1) is 0 Å². The molecule has 0 aromatic carbocycles. The maximum atomic E-state index is 12.8. The molecule has 0 spiro atoms. The van der Waals surface area contributed by atoms with Crippen molar-refractivity contribution in [1.29, 1.82) is 0 Å². The van der Waals surface area contributed by atoms with E-state index in [9.17, 15) is 19.5 Å². The molecule has 9 heteroatoms.